The zero-order valence-electron chi connectivity index (χ0n) is 15.0. The van der Waals surface area contributed by atoms with E-state index < -0.39 is 0 Å². The van der Waals surface area contributed by atoms with Gasteiger partial charge in [-0.25, -0.2) is 0 Å². The summed E-state index contributed by atoms with van der Waals surface area (Å²) in [6.45, 7) is 1.80. The number of aryl methyl sites for hydroxylation is 1. The van der Waals surface area contributed by atoms with Crippen molar-refractivity contribution < 1.29 is 18.7 Å². The molecule has 0 aliphatic rings. The number of carbonyl (C=O) groups excluding carboxylic acids is 2. The van der Waals surface area contributed by atoms with Gasteiger partial charge in [0.1, 0.15) is 11.3 Å². The van der Waals surface area contributed by atoms with Gasteiger partial charge in [-0.1, -0.05) is 15.9 Å². The summed E-state index contributed by atoms with van der Waals surface area (Å²) in [6, 6.07) is 11.0. The van der Waals surface area contributed by atoms with Crippen LogP contribution in [0.3, 0.4) is 0 Å². The van der Waals surface area contributed by atoms with Crippen molar-refractivity contribution in [1.29, 1.82) is 0 Å². The Morgan fingerprint density at radius 1 is 1.15 bits per heavy atom. The second-order valence-electron chi connectivity index (χ2n) is 6.08. The van der Waals surface area contributed by atoms with E-state index in [9.17, 15) is 9.59 Å². The number of halogens is 1. The van der Waals surface area contributed by atoms with E-state index >= 15 is 0 Å². The molecule has 2 aromatic carbocycles. The Kier molecular flexibility index (Phi) is 5.81. The molecule has 7 heteroatoms. The minimum absolute atomic E-state index is 0.0993. The first kappa shape index (κ1) is 19.0. The predicted octanol–water partition coefficient (Wildman–Crippen LogP) is 3.81. The van der Waals surface area contributed by atoms with Crippen LogP contribution in [0, 0.1) is 6.92 Å². The molecule has 2 N–H and O–H groups in total. The first-order chi connectivity index (χ1) is 13.0. The van der Waals surface area contributed by atoms with Crippen molar-refractivity contribution >= 4 is 44.4 Å². The lowest BCUT2D eigenvalue weighted by molar-refractivity contribution is -0.123. The maximum absolute atomic E-state index is 12.2. The van der Waals surface area contributed by atoms with Crippen LogP contribution in [0.1, 0.15) is 11.1 Å². The van der Waals surface area contributed by atoms with Gasteiger partial charge in [-0.2, -0.15) is 0 Å². The Morgan fingerprint density at radius 2 is 1.96 bits per heavy atom. The normalized spacial score (nSPS) is 10.6. The molecule has 1 heterocycles. The van der Waals surface area contributed by atoms with Gasteiger partial charge in [0.15, 0.2) is 0 Å². The molecule has 0 radical (unpaired) electrons. The van der Waals surface area contributed by atoms with Crippen molar-refractivity contribution in [3.63, 3.8) is 0 Å². The highest BCUT2D eigenvalue weighted by atomic mass is 79.9. The lowest BCUT2D eigenvalue weighted by Crippen LogP contribution is -2.33. The largest absolute Gasteiger partial charge is 0.497 e. The van der Waals surface area contributed by atoms with Crippen molar-refractivity contribution in [3.05, 3.63) is 58.3 Å². The van der Waals surface area contributed by atoms with E-state index in [2.05, 4.69) is 26.6 Å². The summed E-state index contributed by atoms with van der Waals surface area (Å²) in [5, 5.41) is 6.27. The monoisotopic (exact) mass is 430 g/mol. The lowest BCUT2D eigenvalue weighted by Gasteiger charge is -2.09. The van der Waals surface area contributed by atoms with E-state index in [-0.39, 0.29) is 24.8 Å². The number of fused-ring (bicyclic) bond motifs is 1. The summed E-state index contributed by atoms with van der Waals surface area (Å²) >= 11 is 3.38. The number of rotatable bonds is 6. The van der Waals surface area contributed by atoms with Gasteiger partial charge in [0.25, 0.3) is 0 Å². The standard InChI is InChI=1S/C20H19BrN2O4/c1-12-7-14(21)3-6-17(12)23-20(25)10-22-19(24)8-13-11-27-18-9-15(26-2)4-5-16(13)18/h3-7,9,11H,8,10H2,1-2H3,(H,22,24)(H,23,25). The van der Waals surface area contributed by atoms with Crippen LogP contribution in [0.15, 0.2) is 51.6 Å². The highest BCUT2D eigenvalue weighted by Crippen LogP contribution is 2.25. The van der Waals surface area contributed by atoms with Crippen molar-refractivity contribution in [2.24, 2.45) is 0 Å². The maximum atomic E-state index is 12.2. The van der Waals surface area contributed by atoms with Crippen LogP contribution in [0.4, 0.5) is 5.69 Å². The first-order valence-corrected chi connectivity index (χ1v) is 9.12. The van der Waals surface area contributed by atoms with Gasteiger partial charge in [0.2, 0.25) is 11.8 Å². The Balaban J connectivity index is 1.56. The summed E-state index contributed by atoms with van der Waals surface area (Å²) in [5.41, 5.74) is 3.06. The van der Waals surface area contributed by atoms with Crippen LogP contribution >= 0.6 is 15.9 Å². The molecular formula is C20H19BrN2O4. The fourth-order valence-electron chi connectivity index (χ4n) is 2.70. The summed E-state index contributed by atoms with van der Waals surface area (Å²) < 4.78 is 11.6. The van der Waals surface area contributed by atoms with E-state index in [1.165, 1.54) is 0 Å². The summed E-state index contributed by atoms with van der Waals surface area (Å²) in [4.78, 5) is 24.3. The van der Waals surface area contributed by atoms with Crippen LogP contribution in [0.25, 0.3) is 11.0 Å². The quantitative estimate of drug-likeness (QED) is 0.622. The molecule has 0 aliphatic carbocycles. The second-order valence-corrected chi connectivity index (χ2v) is 7.00. The van der Waals surface area contributed by atoms with Crippen molar-refractivity contribution in [2.45, 2.75) is 13.3 Å². The molecule has 140 valence electrons. The Hall–Kier alpha value is -2.80. The molecular weight excluding hydrogens is 412 g/mol. The number of methoxy groups -OCH3 is 1. The molecule has 0 spiro atoms. The number of furan rings is 1. The molecule has 6 nitrogen and oxygen atoms in total. The average Bonchev–Trinajstić information content (AvgIpc) is 3.04. The van der Waals surface area contributed by atoms with Crippen molar-refractivity contribution in [3.8, 4) is 5.75 Å². The molecule has 3 aromatic rings. The van der Waals surface area contributed by atoms with E-state index in [4.69, 9.17) is 9.15 Å². The minimum Gasteiger partial charge on any atom is -0.497 e. The smallest absolute Gasteiger partial charge is 0.243 e. The van der Waals surface area contributed by atoms with E-state index in [1.54, 1.807) is 19.4 Å². The summed E-state index contributed by atoms with van der Waals surface area (Å²) in [7, 11) is 1.58. The molecule has 1 aromatic heterocycles. The Morgan fingerprint density at radius 3 is 2.70 bits per heavy atom. The van der Waals surface area contributed by atoms with Gasteiger partial charge in [0.05, 0.1) is 26.3 Å². The van der Waals surface area contributed by atoms with Crippen LogP contribution in [-0.4, -0.2) is 25.5 Å². The number of benzene rings is 2. The van der Waals surface area contributed by atoms with Crippen LogP contribution in [-0.2, 0) is 16.0 Å². The van der Waals surface area contributed by atoms with Gasteiger partial charge in [-0.15, -0.1) is 0 Å². The number of hydrogen-bond acceptors (Lipinski definition) is 4. The van der Waals surface area contributed by atoms with Crippen molar-refractivity contribution in [1.82, 2.24) is 5.32 Å². The third-order valence-corrected chi connectivity index (χ3v) is 4.62. The number of anilines is 1. The number of amides is 2. The number of carbonyl (C=O) groups is 2. The topological polar surface area (TPSA) is 80.6 Å². The van der Waals surface area contributed by atoms with Crippen LogP contribution in [0.5, 0.6) is 5.75 Å². The molecule has 2 amide bonds. The second kappa shape index (κ2) is 8.26. The lowest BCUT2D eigenvalue weighted by atomic mass is 10.1. The third-order valence-electron chi connectivity index (χ3n) is 4.12. The molecule has 0 saturated carbocycles. The Labute approximate surface area is 165 Å². The molecule has 0 bridgehead atoms. The minimum atomic E-state index is -0.282. The van der Waals surface area contributed by atoms with Gasteiger partial charge in [-0.05, 0) is 42.8 Å². The molecule has 0 unspecified atom stereocenters. The van der Waals surface area contributed by atoms with Gasteiger partial charge in [0, 0.05) is 27.2 Å². The summed E-state index contributed by atoms with van der Waals surface area (Å²) in [6.07, 6.45) is 1.68. The fraction of sp³-hybridized carbons (Fsp3) is 0.200. The molecule has 3 rings (SSSR count). The van der Waals surface area contributed by atoms with Gasteiger partial charge >= 0.3 is 0 Å². The number of ether oxygens (including phenoxy) is 1. The maximum Gasteiger partial charge on any atom is 0.243 e. The summed E-state index contributed by atoms with van der Waals surface area (Å²) in [5.74, 6) is 0.152. The zero-order valence-corrected chi connectivity index (χ0v) is 16.6. The fourth-order valence-corrected chi connectivity index (χ4v) is 3.18. The average molecular weight is 431 g/mol. The molecule has 27 heavy (non-hydrogen) atoms. The highest BCUT2D eigenvalue weighted by Gasteiger charge is 2.12. The number of nitrogens with one attached hydrogen (secondary N) is 2. The number of hydrogen-bond donors (Lipinski definition) is 2. The van der Waals surface area contributed by atoms with Crippen LogP contribution in [0.2, 0.25) is 0 Å². The first-order valence-electron chi connectivity index (χ1n) is 8.33. The molecule has 0 saturated heterocycles. The van der Waals surface area contributed by atoms with E-state index in [0.29, 0.717) is 17.0 Å². The van der Waals surface area contributed by atoms with Crippen LogP contribution < -0.4 is 15.4 Å². The SMILES string of the molecule is COc1ccc2c(CC(=O)NCC(=O)Nc3ccc(Br)cc3C)coc2c1. The molecule has 0 aliphatic heterocycles. The van der Waals surface area contributed by atoms with Gasteiger partial charge < -0.3 is 19.8 Å². The van der Waals surface area contributed by atoms with E-state index in [1.807, 2.05) is 37.3 Å². The Bertz CT molecular complexity index is 997. The zero-order chi connectivity index (χ0) is 19.4. The van der Waals surface area contributed by atoms with Crippen molar-refractivity contribution in [2.75, 3.05) is 19.0 Å². The third kappa shape index (κ3) is 4.68. The predicted molar refractivity (Wildman–Crippen MR) is 107 cm³/mol. The van der Waals surface area contributed by atoms with E-state index in [0.717, 1.165) is 21.0 Å². The molecule has 0 atom stereocenters. The highest BCUT2D eigenvalue weighted by molar-refractivity contribution is 9.10. The molecule has 0 fully saturated rings. The van der Waals surface area contributed by atoms with Gasteiger partial charge in [-0.3, -0.25) is 9.59 Å².